The first-order valence-electron chi connectivity index (χ1n) is 7.26. The Bertz CT molecular complexity index is 440. The molecule has 0 fully saturated rings. The molecule has 4 heteroatoms. The third-order valence-electron chi connectivity index (χ3n) is 3.10. The molecule has 1 heterocycles. The molecule has 1 atom stereocenters. The van der Waals surface area contributed by atoms with Gasteiger partial charge in [0.2, 0.25) is 0 Å². The molecule has 0 saturated carbocycles. The van der Waals surface area contributed by atoms with Crippen molar-refractivity contribution in [1.82, 2.24) is 5.32 Å². The minimum Gasteiger partial charge on any atom is -0.491 e. The van der Waals surface area contributed by atoms with Crippen LogP contribution in [-0.4, -0.2) is 32.0 Å². The predicted octanol–water partition coefficient (Wildman–Crippen LogP) is 2.92. The normalized spacial score (nSPS) is 17.7. The third-order valence-corrected chi connectivity index (χ3v) is 3.10. The van der Waals surface area contributed by atoms with Crippen LogP contribution < -0.4 is 14.8 Å². The molecule has 20 heavy (non-hydrogen) atoms. The number of ether oxygens (including phenoxy) is 3. The van der Waals surface area contributed by atoms with Gasteiger partial charge in [-0.1, -0.05) is 6.92 Å². The van der Waals surface area contributed by atoms with Gasteiger partial charge in [-0.15, -0.1) is 0 Å². The van der Waals surface area contributed by atoms with E-state index in [1.165, 1.54) is 5.56 Å². The first-order chi connectivity index (χ1) is 9.49. The number of nitrogens with one attached hydrogen (secondary N) is 1. The molecule has 0 spiro atoms. The van der Waals surface area contributed by atoms with Gasteiger partial charge in [0.05, 0.1) is 18.2 Å². The maximum absolute atomic E-state index is 5.70. The summed E-state index contributed by atoms with van der Waals surface area (Å²) in [5.41, 5.74) is 1.09. The summed E-state index contributed by atoms with van der Waals surface area (Å²) in [6.45, 7) is 11.0. The summed E-state index contributed by atoms with van der Waals surface area (Å²) in [4.78, 5) is 0. The van der Waals surface area contributed by atoms with Crippen molar-refractivity contribution in [3.8, 4) is 11.5 Å². The molecule has 0 aliphatic carbocycles. The van der Waals surface area contributed by atoms with E-state index in [-0.39, 0.29) is 5.60 Å². The molecule has 2 rings (SSSR count). The zero-order valence-corrected chi connectivity index (χ0v) is 12.9. The molecule has 0 saturated heterocycles. The summed E-state index contributed by atoms with van der Waals surface area (Å²) in [5, 5.41) is 3.40. The number of fused-ring (bicyclic) bond motifs is 1. The first-order valence-corrected chi connectivity index (χ1v) is 7.26. The molecule has 1 aromatic carbocycles. The smallest absolute Gasteiger partial charge is 0.127 e. The fourth-order valence-electron chi connectivity index (χ4n) is 2.20. The monoisotopic (exact) mass is 279 g/mol. The topological polar surface area (TPSA) is 39.7 Å². The molecular formula is C16H25NO3. The molecule has 1 unspecified atom stereocenters. The highest BCUT2D eigenvalue weighted by atomic mass is 16.5. The quantitative estimate of drug-likeness (QED) is 0.813. The molecule has 1 N–H and O–H groups in total. The summed E-state index contributed by atoms with van der Waals surface area (Å²) >= 11 is 0. The molecule has 1 aliphatic heterocycles. The molecule has 0 aromatic heterocycles. The van der Waals surface area contributed by atoms with E-state index < -0.39 is 0 Å². The highest BCUT2D eigenvalue weighted by Crippen LogP contribution is 2.35. The van der Waals surface area contributed by atoms with Crippen LogP contribution in [-0.2, 0) is 4.74 Å². The second-order valence-corrected chi connectivity index (χ2v) is 5.93. The molecule has 0 radical (unpaired) electrons. The van der Waals surface area contributed by atoms with Crippen LogP contribution in [0.1, 0.15) is 39.3 Å². The molecule has 112 valence electrons. The van der Waals surface area contributed by atoms with Gasteiger partial charge in [-0.05, 0) is 39.4 Å². The second kappa shape index (κ2) is 6.46. The maximum atomic E-state index is 5.70. The molecule has 0 bridgehead atoms. The van der Waals surface area contributed by atoms with E-state index in [0.717, 1.165) is 18.0 Å². The van der Waals surface area contributed by atoms with Gasteiger partial charge in [-0.3, -0.25) is 0 Å². The van der Waals surface area contributed by atoms with Crippen molar-refractivity contribution in [3.05, 3.63) is 23.8 Å². The molecule has 1 aliphatic rings. The maximum Gasteiger partial charge on any atom is 0.127 e. The van der Waals surface area contributed by atoms with Crippen molar-refractivity contribution in [2.75, 3.05) is 26.4 Å². The van der Waals surface area contributed by atoms with Crippen LogP contribution in [0, 0.1) is 0 Å². The molecular weight excluding hydrogens is 254 g/mol. The Labute approximate surface area is 121 Å². The van der Waals surface area contributed by atoms with E-state index in [1.807, 2.05) is 32.9 Å². The van der Waals surface area contributed by atoms with E-state index >= 15 is 0 Å². The van der Waals surface area contributed by atoms with Crippen LogP contribution in [0.5, 0.6) is 11.5 Å². The van der Waals surface area contributed by atoms with Crippen molar-refractivity contribution in [2.24, 2.45) is 0 Å². The minimum atomic E-state index is -0.122. The van der Waals surface area contributed by atoms with Gasteiger partial charge in [0, 0.05) is 11.6 Å². The highest BCUT2D eigenvalue weighted by Gasteiger charge is 2.23. The summed E-state index contributed by atoms with van der Waals surface area (Å²) in [7, 11) is 0. The van der Waals surface area contributed by atoms with Crippen LogP contribution in [0.4, 0.5) is 0 Å². The van der Waals surface area contributed by atoms with E-state index in [4.69, 9.17) is 14.2 Å². The van der Waals surface area contributed by atoms with Crippen molar-refractivity contribution in [3.63, 3.8) is 0 Å². The Morgan fingerprint density at radius 1 is 1.30 bits per heavy atom. The molecule has 0 amide bonds. The van der Waals surface area contributed by atoms with E-state index in [2.05, 4.69) is 18.3 Å². The summed E-state index contributed by atoms with van der Waals surface area (Å²) in [6.07, 6.45) is 0. The lowest BCUT2D eigenvalue weighted by Gasteiger charge is -2.19. The first kappa shape index (κ1) is 15.1. The van der Waals surface area contributed by atoms with Crippen molar-refractivity contribution in [1.29, 1.82) is 0 Å². The molecule has 1 aromatic rings. The van der Waals surface area contributed by atoms with Gasteiger partial charge in [-0.25, -0.2) is 0 Å². The SMILES string of the molecule is CCNC1COc2cc(OCCOC(C)(C)C)ccc21. The fraction of sp³-hybridized carbons (Fsp3) is 0.625. The number of likely N-dealkylation sites (N-methyl/N-ethyl adjacent to an activating group) is 1. The van der Waals surface area contributed by atoms with Crippen molar-refractivity contribution in [2.45, 2.75) is 39.3 Å². The van der Waals surface area contributed by atoms with Crippen LogP contribution in [0.15, 0.2) is 18.2 Å². The largest absolute Gasteiger partial charge is 0.491 e. The van der Waals surface area contributed by atoms with E-state index in [9.17, 15) is 0 Å². The van der Waals surface area contributed by atoms with Gasteiger partial charge in [0.25, 0.3) is 0 Å². The Morgan fingerprint density at radius 3 is 2.80 bits per heavy atom. The van der Waals surface area contributed by atoms with Crippen LogP contribution in [0.3, 0.4) is 0 Å². The lowest BCUT2D eigenvalue weighted by atomic mass is 10.1. The van der Waals surface area contributed by atoms with Crippen molar-refractivity contribution < 1.29 is 14.2 Å². The Kier molecular flexibility index (Phi) is 4.89. The molecule has 4 nitrogen and oxygen atoms in total. The van der Waals surface area contributed by atoms with Gasteiger partial charge in [0.15, 0.2) is 0 Å². The lowest BCUT2D eigenvalue weighted by molar-refractivity contribution is -0.0163. The van der Waals surface area contributed by atoms with Crippen molar-refractivity contribution >= 4 is 0 Å². The zero-order chi connectivity index (χ0) is 14.6. The average Bonchev–Trinajstić information content (AvgIpc) is 2.77. The number of rotatable bonds is 6. The average molecular weight is 279 g/mol. The van der Waals surface area contributed by atoms with Crippen LogP contribution >= 0.6 is 0 Å². The second-order valence-electron chi connectivity index (χ2n) is 5.93. The highest BCUT2D eigenvalue weighted by molar-refractivity contribution is 5.45. The van der Waals surface area contributed by atoms with Gasteiger partial charge >= 0.3 is 0 Å². The summed E-state index contributed by atoms with van der Waals surface area (Å²) in [6, 6.07) is 6.34. The predicted molar refractivity (Wildman–Crippen MR) is 79.6 cm³/mol. The summed E-state index contributed by atoms with van der Waals surface area (Å²) < 4.78 is 17.0. The van der Waals surface area contributed by atoms with Gasteiger partial charge < -0.3 is 19.5 Å². The number of benzene rings is 1. The minimum absolute atomic E-state index is 0.122. The third kappa shape index (κ3) is 4.12. The van der Waals surface area contributed by atoms with Gasteiger partial charge in [0.1, 0.15) is 24.7 Å². The Balaban J connectivity index is 1.86. The summed E-state index contributed by atoms with van der Waals surface area (Å²) in [5.74, 6) is 1.75. The number of hydrogen-bond donors (Lipinski definition) is 1. The van der Waals surface area contributed by atoms with E-state index in [1.54, 1.807) is 0 Å². The Hall–Kier alpha value is -1.26. The van der Waals surface area contributed by atoms with Crippen LogP contribution in [0.2, 0.25) is 0 Å². The van der Waals surface area contributed by atoms with E-state index in [0.29, 0.717) is 25.9 Å². The fourth-order valence-corrected chi connectivity index (χ4v) is 2.20. The zero-order valence-electron chi connectivity index (χ0n) is 12.9. The number of hydrogen-bond acceptors (Lipinski definition) is 4. The van der Waals surface area contributed by atoms with Gasteiger partial charge in [-0.2, -0.15) is 0 Å². The standard InChI is InChI=1S/C16H25NO3/c1-5-17-14-11-19-15-10-12(6-7-13(14)15)18-8-9-20-16(2,3)4/h6-7,10,14,17H,5,8-9,11H2,1-4H3. The lowest BCUT2D eigenvalue weighted by Crippen LogP contribution is -2.22. The van der Waals surface area contributed by atoms with Crippen LogP contribution in [0.25, 0.3) is 0 Å². The Morgan fingerprint density at radius 2 is 2.10 bits per heavy atom.